The minimum atomic E-state index is -1.58. The van der Waals surface area contributed by atoms with Gasteiger partial charge in [0.15, 0.2) is 0 Å². The molecular weight excluding hydrogens is 827 g/mol. The van der Waals surface area contributed by atoms with Crippen molar-refractivity contribution in [2.75, 3.05) is 32.0 Å². The minimum absolute atomic E-state index is 0.0409. The number of fused-ring (bicyclic) bond motifs is 5. The number of aromatic amines is 1. The maximum atomic E-state index is 14.5. The van der Waals surface area contributed by atoms with Crippen LogP contribution in [0.5, 0.6) is 0 Å². The molecule has 4 heterocycles. The summed E-state index contributed by atoms with van der Waals surface area (Å²) < 4.78 is 0. The molecule has 20 nitrogen and oxygen atoms in total. The Labute approximate surface area is 362 Å². The molecule has 1 unspecified atom stereocenters. The van der Waals surface area contributed by atoms with Gasteiger partial charge in [-0.25, -0.2) is 0 Å². The summed E-state index contributed by atoms with van der Waals surface area (Å²) in [5.41, 5.74) is 1.11. The number of para-hydroxylation sites is 1. The molecule has 1 fully saturated rings. The monoisotopic (exact) mass is 883 g/mol. The van der Waals surface area contributed by atoms with Crippen LogP contribution in [-0.4, -0.2) is 147 Å². The van der Waals surface area contributed by atoms with E-state index in [4.69, 9.17) is 0 Å². The van der Waals surface area contributed by atoms with Crippen molar-refractivity contribution < 1.29 is 53.4 Å². The molecule has 21 heteroatoms. The summed E-state index contributed by atoms with van der Waals surface area (Å²) in [6.07, 6.45) is -1.64. The molecule has 8 amide bonds. The molecule has 62 heavy (non-hydrogen) atoms. The highest BCUT2D eigenvalue weighted by Crippen LogP contribution is 2.32. The summed E-state index contributed by atoms with van der Waals surface area (Å²) in [7, 11) is 0. The van der Waals surface area contributed by atoms with Crippen LogP contribution >= 0.6 is 11.8 Å². The van der Waals surface area contributed by atoms with Gasteiger partial charge in [-0.15, -0.1) is 11.8 Å². The molecule has 0 aliphatic carbocycles. The van der Waals surface area contributed by atoms with Gasteiger partial charge in [0.25, 0.3) is 0 Å². The lowest BCUT2D eigenvalue weighted by atomic mass is 9.93. The van der Waals surface area contributed by atoms with E-state index >= 15 is 0 Å². The summed E-state index contributed by atoms with van der Waals surface area (Å²) in [4.78, 5) is 129. The Morgan fingerprint density at radius 2 is 1.52 bits per heavy atom. The maximum absolute atomic E-state index is 14.5. The van der Waals surface area contributed by atoms with Crippen molar-refractivity contribution in [1.82, 2.24) is 47.1 Å². The molecule has 5 rings (SSSR count). The number of carbonyl (C=O) groups is 9. The highest BCUT2D eigenvalue weighted by atomic mass is 32.2. The number of aliphatic hydroxyl groups excluding tert-OH is 2. The first-order valence-corrected chi connectivity index (χ1v) is 21.8. The van der Waals surface area contributed by atoms with Gasteiger partial charge in [0, 0.05) is 42.0 Å². The van der Waals surface area contributed by atoms with Crippen molar-refractivity contribution in [3.8, 4) is 0 Å². The number of Topliss-reactive ketones (excluding diaryl/α,β-unsaturated/α-hetero) is 1. The van der Waals surface area contributed by atoms with Gasteiger partial charge >= 0.3 is 0 Å². The van der Waals surface area contributed by atoms with Crippen LogP contribution in [0.4, 0.5) is 0 Å². The van der Waals surface area contributed by atoms with Crippen molar-refractivity contribution in [2.45, 2.75) is 108 Å². The molecule has 0 radical (unpaired) electrons. The molecule has 10 atom stereocenters. The Balaban J connectivity index is 1.69. The topological polar surface area (TPSA) is 297 Å². The fourth-order valence-corrected chi connectivity index (χ4v) is 8.95. The maximum Gasteiger partial charge on any atom is 0.246 e. The first-order valence-electron chi connectivity index (χ1n) is 20.8. The second-order valence-electron chi connectivity index (χ2n) is 16.5. The quantitative estimate of drug-likeness (QED) is 0.141. The summed E-state index contributed by atoms with van der Waals surface area (Å²) >= 11 is 1.08. The van der Waals surface area contributed by atoms with E-state index in [0.29, 0.717) is 27.9 Å². The fraction of sp³-hybridized carbons (Fsp3) is 0.585. The van der Waals surface area contributed by atoms with Gasteiger partial charge in [-0.2, -0.15) is 0 Å². The lowest BCUT2D eigenvalue weighted by molar-refractivity contribution is -0.144. The SMILES string of the molecule is CC[C@H](C)[C@@H]1NC(=O)CNC(=O)[C@H]2Cc3c([nH]c4ccccc34)SC[C@H](NC(=O)CNC1=O)C(=O)NC(CC(C)=O)C(=O)N1C[C@H](C)C[C@H]1C(=O)N[C@@H]([C@@H](C)[C@@H](O)CO)C(=O)N2. The van der Waals surface area contributed by atoms with E-state index in [1.54, 1.807) is 45.0 Å². The van der Waals surface area contributed by atoms with Crippen LogP contribution in [-0.2, 0) is 49.6 Å². The third-order valence-electron chi connectivity index (χ3n) is 11.6. The van der Waals surface area contributed by atoms with E-state index in [9.17, 15) is 53.4 Å². The molecule has 3 aliphatic heterocycles. The van der Waals surface area contributed by atoms with Gasteiger partial charge in [0.1, 0.15) is 42.0 Å². The van der Waals surface area contributed by atoms with Crippen LogP contribution in [0.3, 0.4) is 0 Å². The Morgan fingerprint density at radius 1 is 0.839 bits per heavy atom. The number of nitrogens with one attached hydrogen (secondary N) is 8. The largest absolute Gasteiger partial charge is 0.394 e. The fourth-order valence-electron chi connectivity index (χ4n) is 7.84. The second kappa shape index (κ2) is 21.0. The molecule has 1 aromatic carbocycles. The third kappa shape index (κ3) is 11.5. The van der Waals surface area contributed by atoms with Crippen molar-refractivity contribution in [2.24, 2.45) is 17.8 Å². The average Bonchev–Trinajstić information content (AvgIpc) is 3.81. The highest BCUT2D eigenvalue weighted by Gasteiger charge is 2.44. The lowest BCUT2D eigenvalue weighted by Gasteiger charge is -2.33. The highest BCUT2D eigenvalue weighted by molar-refractivity contribution is 7.99. The van der Waals surface area contributed by atoms with Crippen molar-refractivity contribution in [3.05, 3.63) is 29.8 Å². The number of carbonyl (C=O) groups excluding carboxylic acids is 9. The number of ketones is 1. The number of rotatable bonds is 7. The summed E-state index contributed by atoms with van der Waals surface area (Å²) in [5, 5.41) is 40.0. The number of hydrogen-bond acceptors (Lipinski definition) is 12. The molecule has 0 saturated carbocycles. The molecule has 0 spiro atoms. The predicted molar refractivity (Wildman–Crippen MR) is 225 cm³/mol. The average molecular weight is 884 g/mol. The Morgan fingerprint density at radius 3 is 2.19 bits per heavy atom. The van der Waals surface area contributed by atoms with E-state index in [2.05, 4.69) is 42.2 Å². The van der Waals surface area contributed by atoms with E-state index in [0.717, 1.165) is 11.8 Å². The molecule has 1 saturated heterocycles. The number of H-pyrrole nitrogens is 1. The number of nitrogens with zero attached hydrogens (tertiary/aromatic N) is 1. The third-order valence-corrected chi connectivity index (χ3v) is 12.8. The number of hydrogen-bond donors (Lipinski definition) is 10. The van der Waals surface area contributed by atoms with E-state index < -0.39 is 133 Å². The molecule has 10 N–H and O–H groups in total. The standard InChI is InChI=1S/C41H57N9O11S/c1-6-20(3)33-38(59)43-14-31(54)44-28-18-62-40-24(23-9-7-8-10-25(23)47-40)13-26(35(56)42-15-32(55)48-33)45-39(60)34(22(5)30(53)17-51)49-37(58)29-11-19(2)16-50(29)41(61)27(12-21(4)52)46-36(28)57/h7-10,19-20,22,26-30,33-34,47,51,53H,6,11-18H2,1-5H3,(H,42,56)(H,43,59)(H,44,54)(H,45,60)(H,46,57)(H,48,55)(H,49,58)/t19-,20+,22+,26-,27?,28+,29+,30+,33+,34+/m1/s1. The van der Waals surface area contributed by atoms with Crippen LogP contribution in [0.1, 0.15) is 59.4 Å². The van der Waals surface area contributed by atoms with Gasteiger partial charge < -0.3 is 57.3 Å². The summed E-state index contributed by atoms with van der Waals surface area (Å²) in [6, 6.07) is -1.18. The first kappa shape index (κ1) is 47.5. The number of amides is 8. The molecule has 2 aromatic rings. The number of aliphatic hydroxyl groups is 2. The van der Waals surface area contributed by atoms with Crippen LogP contribution in [0, 0.1) is 17.8 Å². The molecule has 1 aromatic heterocycles. The van der Waals surface area contributed by atoms with E-state index in [1.807, 2.05) is 0 Å². The molecule has 3 aliphatic rings. The zero-order valence-electron chi connectivity index (χ0n) is 35.4. The second-order valence-corrected chi connectivity index (χ2v) is 17.5. The minimum Gasteiger partial charge on any atom is -0.394 e. The number of benzene rings is 1. The molecule has 2 bridgehead atoms. The summed E-state index contributed by atoms with van der Waals surface area (Å²) in [5.74, 6) is -8.87. The predicted octanol–water partition coefficient (Wildman–Crippen LogP) is -2.26. The smallest absolute Gasteiger partial charge is 0.246 e. The zero-order valence-corrected chi connectivity index (χ0v) is 36.2. The lowest BCUT2D eigenvalue weighted by Crippen LogP contribution is -2.62. The number of thioether (sulfide) groups is 1. The Kier molecular flexibility index (Phi) is 16.1. The van der Waals surface area contributed by atoms with Gasteiger partial charge in [-0.05, 0) is 36.8 Å². The van der Waals surface area contributed by atoms with Gasteiger partial charge in [-0.1, -0.05) is 52.3 Å². The Hall–Kier alpha value is -5.54. The van der Waals surface area contributed by atoms with Crippen LogP contribution in [0.25, 0.3) is 10.9 Å². The number of aromatic nitrogens is 1. The van der Waals surface area contributed by atoms with Crippen LogP contribution < -0.4 is 37.2 Å². The van der Waals surface area contributed by atoms with Crippen molar-refractivity contribution >= 4 is 75.7 Å². The van der Waals surface area contributed by atoms with Crippen LogP contribution in [0.15, 0.2) is 29.3 Å². The van der Waals surface area contributed by atoms with Gasteiger partial charge in [0.05, 0.1) is 30.8 Å². The normalized spacial score (nSPS) is 27.9. The zero-order chi connectivity index (χ0) is 45.4. The van der Waals surface area contributed by atoms with E-state index in [1.165, 1.54) is 18.7 Å². The van der Waals surface area contributed by atoms with Gasteiger partial charge in [-0.3, -0.25) is 43.2 Å². The molecular formula is C41H57N9O11S. The first-order chi connectivity index (χ1) is 29.4. The van der Waals surface area contributed by atoms with Crippen LogP contribution in [0.2, 0.25) is 0 Å². The van der Waals surface area contributed by atoms with Crippen molar-refractivity contribution in [1.29, 1.82) is 0 Å². The Bertz CT molecular complexity index is 2060. The van der Waals surface area contributed by atoms with Gasteiger partial charge in [0.2, 0.25) is 47.3 Å². The van der Waals surface area contributed by atoms with Crippen molar-refractivity contribution in [3.63, 3.8) is 0 Å². The summed E-state index contributed by atoms with van der Waals surface area (Å²) in [6.45, 7) is 5.97. The van der Waals surface area contributed by atoms with E-state index in [-0.39, 0.29) is 31.1 Å². The molecule has 338 valence electrons.